The lowest BCUT2D eigenvalue weighted by molar-refractivity contribution is 0.466. The van der Waals surface area contributed by atoms with E-state index in [0.29, 0.717) is 16.8 Å². The maximum atomic E-state index is 13.1. The van der Waals surface area contributed by atoms with Crippen molar-refractivity contribution in [2.45, 2.75) is 19.9 Å². The molecule has 2 rings (SSSR count). The van der Waals surface area contributed by atoms with Crippen molar-refractivity contribution in [2.24, 2.45) is 0 Å². The molecule has 0 bridgehead atoms. The minimum atomic E-state index is -0.602. The number of anilines is 1. The molecule has 2 N–H and O–H groups in total. The molecule has 20 heavy (non-hydrogen) atoms. The third-order valence-corrected chi connectivity index (χ3v) is 3.11. The molecule has 0 radical (unpaired) electrons. The number of nitrogens with one attached hydrogen (secondary N) is 1. The molecule has 0 amide bonds. The second kappa shape index (κ2) is 5.62. The van der Waals surface area contributed by atoms with Gasteiger partial charge in [0.1, 0.15) is 17.6 Å². The van der Waals surface area contributed by atoms with Crippen molar-refractivity contribution in [2.75, 3.05) is 5.32 Å². The van der Waals surface area contributed by atoms with E-state index in [4.69, 9.17) is 0 Å². The molecular formula is C16H15FN2O. The fourth-order valence-electron chi connectivity index (χ4n) is 2.09. The fourth-order valence-corrected chi connectivity index (χ4v) is 2.09. The predicted molar refractivity (Wildman–Crippen MR) is 76.0 cm³/mol. The smallest absolute Gasteiger partial charge is 0.140 e. The van der Waals surface area contributed by atoms with Crippen LogP contribution >= 0.6 is 0 Å². The summed E-state index contributed by atoms with van der Waals surface area (Å²) in [4.78, 5) is 0. The molecule has 4 heteroatoms. The highest BCUT2D eigenvalue weighted by atomic mass is 19.1. The molecular weight excluding hydrogens is 255 g/mol. The number of hydrogen-bond acceptors (Lipinski definition) is 3. The van der Waals surface area contributed by atoms with Crippen LogP contribution in [-0.2, 0) is 0 Å². The van der Waals surface area contributed by atoms with Crippen LogP contribution in [0.1, 0.15) is 22.7 Å². The Labute approximate surface area is 117 Å². The van der Waals surface area contributed by atoms with Crippen LogP contribution in [0.25, 0.3) is 0 Å². The van der Waals surface area contributed by atoms with E-state index in [0.717, 1.165) is 5.56 Å². The van der Waals surface area contributed by atoms with Gasteiger partial charge in [-0.3, -0.25) is 0 Å². The van der Waals surface area contributed by atoms with Crippen molar-refractivity contribution in [3.05, 3.63) is 58.9 Å². The number of nitriles is 1. The number of hydrogen-bond donors (Lipinski definition) is 2. The molecule has 0 heterocycles. The van der Waals surface area contributed by atoms with Gasteiger partial charge < -0.3 is 10.4 Å². The van der Waals surface area contributed by atoms with Crippen LogP contribution < -0.4 is 5.32 Å². The molecule has 0 spiro atoms. The van der Waals surface area contributed by atoms with Crippen LogP contribution in [0.15, 0.2) is 36.4 Å². The average Bonchev–Trinajstić information content (AvgIpc) is 2.41. The van der Waals surface area contributed by atoms with Gasteiger partial charge in [0.25, 0.3) is 0 Å². The topological polar surface area (TPSA) is 56.0 Å². The normalized spacial score (nSPS) is 11.7. The summed E-state index contributed by atoms with van der Waals surface area (Å²) in [5.74, 6) is -0.124. The molecule has 1 atom stereocenters. The van der Waals surface area contributed by atoms with Crippen LogP contribution in [0.2, 0.25) is 0 Å². The Kier molecular flexibility index (Phi) is 3.90. The standard InChI is InChI=1S/C16H15FN2O/c1-10-6-12(7-11(2)16(10)20)15(9-18)19-14-5-3-4-13(17)8-14/h3-8,15,19-20H,1-2H3. The molecule has 0 saturated heterocycles. The fraction of sp³-hybridized carbons (Fsp3) is 0.188. The third-order valence-electron chi connectivity index (χ3n) is 3.11. The van der Waals surface area contributed by atoms with E-state index in [9.17, 15) is 14.8 Å². The molecule has 0 fully saturated rings. The van der Waals surface area contributed by atoms with E-state index >= 15 is 0 Å². The molecule has 0 aromatic heterocycles. The summed E-state index contributed by atoms with van der Waals surface area (Å²) in [6.45, 7) is 3.56. The molecule has 0 saturated carbocycles. The summed E-state index contributed by atoms with van der Waals surface area (Å²) in [6, 6.07) is 11.0. The van der Waals surface area contributed by atoms with E-state index in [2.05, 4.69) is 11.4 Å². The van der Waals surface area contributed by atoms with Crippen molar-refractivity contribution in [3.8, 4) is 11.8 Å². The van der Waals surface area contributed by atoms with Crippen LogP contribution in [0.4, 0.5) is 10.1 Å². The van der Waals surface area contributed by atoms with Gasteiger partial charge in [0.05, 0.1) is 6.07 Å². The number of phenols is 1. The number of halogens is 1. The summed E-state index contributed by atoms with van der Waals surface area (Å²) in [7, 11) is 0. The van der Waals surface area contributed by atoms with Gasteiger partial charge in [0.2, 0.25) is 0 Å². The molecule has 2 aromatic carbocycles. The van der Waals surface area contributed by atoms with Gasteiger partial charge in [-0.05, 0) is 60.9 Å². The first kappa shape index (κ1) is 13.9. The second-order valence-corrected chi connectivity index (χ2v) is 4.72. The van der Waals surface area contributed by atoms with E-state index in [1.807, 2.05) is 0 Å². The van der Waals surface area contributed by atoms with Gasteiger partial charge in [0.15, 0.2) is 0 Å². The molecule has 102 valence electrons. The Morgan fingerprint density at radius 1 is 1.20 bits per heavy atom. The SMILES string of the molecule is Cc1cc(C(C#N)Nc2cccc(F)c2)cc(C)c1O. The summed E-state index contributed by atoms with van der Waals surface area (Å²) < 4.78 is 13.1. The van der Waals surface area contributed by atoms with Crippen molar-refractivity contribution in [3.63, 3.8) is 0 Å². The van der Waals surface area contributed by atoms with Crippen LogP contribution in [0.5, 0.6) is 5.75 Å². The van der Waals surface area contributed by atoms with Crippen LogP contribution in [0.3, 0.4) is 0 Å². The van der Waals surface area contributed by atoms with Crippen molar-refractivity contribution in [1.29, 1.82) is 5.26 Å². The molecule has 0 aliphatic carbocycles. The largest absolute Gasteiger partial charge is 0.507 e. The first-order valence-electron chi connectivity index (χ1n) is 6.23. The minimum Gasteiger partial charge on any atom is -0.507 e. The van der Waals surface area contributed by atoms with Crippen LogP contribution in [-0.4, -0.2) is 5.11 Å². The Balaban J connectivity index is 2.32. The quantitative estimate of drug-likeness (QED) is 0.891. The Morgan fingerprint density at radius 3 is 2.40 bits per heavy atom. The van der Waals surface area contributed by atoms with E-state index < -0.39 is 6.04 Å². The van der Waals surface area contributed by atoms with Gasteiger partial charge in [-0.25, -0.2) is 4.39 Å². The lowest BCUT2D eigenvalue weighted by Crippen LogP contribution is -2.09. The predicted octanol–water partition coefficient (Wildman–Crippen LogP) is 3.82. The zero-order valence-electron chi connectivity index (χ0n) is 11.3. The zero-order chi connectivity index (χ0) is 14.7. The zero-order valence-corrected chi connectivity index (χ0v) is 11.3. The monoisotopic (exact) mass is 270 g/mol. The molecule has 1 unspecified atom stereocenters. The summed E-state index contributed by atoms with van der Waals surface area (Å²) in [6.07, 6.45) is 0. The van der Waals surface area contributed by atoms with Gasteiger partial charge in [-0.15, -0.1) is 0 Å². The third kappa shape index (κ3) is 2.89. The lowest BCUT2D eigenvalue weighted by atomic mass is 10.0. The van der Waals surface area contributed by atoms with E-state index in [1.165, 1.54) is 12.1 Å². The van der Waals surface area contributed by atoms with Crippen molar-refractivity contribution >= 4 is 5.69 Å². The van der Waals surface area contributed by atoms with Crippen molar-refractivity contribution < 1.29 is 9.50 Å². The first-order valence-corrected chi connectivity index (χ1v) is 6.23. The van der Waals surface area contributed by atoms with Crippen molar-refractivity contribution in [1.82, 2.24) is 0 Å². The maximum Gasteiger partial charge on any atom is 0.140 e. The molecule has 3 nitrogen and oxygen atoms in total. The van der Waals surface area contributed by atoms with Crippen LogP contribution in [0, 0.1) is 31.0 Å². The summed E-state index contributed by atoms with van der Waals surface area (Å²) in [5, 5.41) is 22.0. The van der Waals surface area contributed by atoms with E-state index in [1.54, 1.807) is 38.1 Å². The van der Waals surface area contributed by atoms with Gasteiger partial charge in [0, 0.05) is 5.69 Å². The number of rotatable bonds is 3. The summed E-state index contributed by atoms with van der Waals surface area (Å²) >= 11 is 0. The number of benzene rings is 2. The Hall–Kier alpha value is -2.54. The first-order chi connectivity index (χ1) is 9.51. The van der Waals surface area contributed by atoms with Gasteiger partial charge >= 0.3 is 0 Å². The number of aryl methyl sites for hydroxylation is 2. The maximum absolute atomic E-state index is 13.1. The molecule has 0 aliphatic heterocycles. The number of nitrogens with zero attached hydrogens (tertiary/aromatic N) is 1. The summed E-state index contributed by atoms with van der Waals surface area (Å²) in [5.41, 5.74) is 2.70. The molecule has 2 aromatic rings. The van der Waals surface area contributed by atoms with E-state index in [-0.39, 0.29) is 11.6 Å². The highest BCUT2D eigenvalue weighted by Crippen LogP contribution is 2.27. The average molecular weight is 270 g/mol. The van der Waals surface area contributed by atoms with Gasteiger partial charge in [-0.2, -0.15) is 5.26 Å². The van der Waals surface area contributed by atoms with Gasteiger partial charge in [-0.1, -0.05) is 6.07 Å². The molecule has 0 aliphatic rings. The minimum absolute atomic E-state index is 0.233. The number of phenolic OH excluding ortho intramolecular Hbond substituents is 1. The second-order valence-electron chi connectivity index (χ2n) is 4.72. The number of aromatic hydroxyl groups is 1. The Morgan fingerprint density at radius 2 is 1.85 bits per heavy atom. The Bertz CT molecular complexity index is 653. The highest BCUT2D eigenvalue weighted by Gasteiger charge is 2.13. The lowest BCUT2D eigenvalue weighted by Gasteiger charge is -2.15. The highest BCUT2D eigenvalue weighted by molar-refractivity contribution is 5.50.